The van der Waals surface area contributed by atoms with E-state index >= 15 is 4.39 Å². The lowest BCUT2D eigenvalue weighted by Gasteiger charge is -2.41. The molecule has 450 valence electrons. The van der Waals surface area contributed by atoms with Gasteiger partial charge in [-0.3, -0.25) is 24.0 Å². The number of nitrogens with one attached hydrogen (secondary N) is 3. The van der Waals surface area contributed by atoms with Crippen molar-refractivity contribution < 1.29 is 94.2 Å². The van der Waals surface area contributed by atoms with Crippen molar-refractivity contribution in [3.8, 4) is 11.1 Å². The molecule has 0 bridgehead atoms. The minimum atomic E-state index is -5.45. The fourth-order valence-corrected chi connectivity index (χ4v) is 9.48. The van der Waals surface area contributed by atoms with Crippen LogP contribution in [-0.2, 0) is 68.6 Å². The number of alkyl halides is 3. The van der Waals surface area contributed by atoms with Crippen LogP contribution in [0.5, 0.6) is 0 Å². The van der Waals surface area contributed by atoms with Gasteiger partial charge in [0.05, 0.1) is 82.9 Å². The number of carboxylic acid groups (broad SMARTS) is 2. The molecule has 29 heteroatoms. The summed E-state index contributed by atoms with van der Waals surface area (Å²) < 4.78 is 93.8. The highest BCUT2D eigenvalue weighted by molar-refractivity contribution is 8.00. The van der Waals surface area contributed by atoms with E-state index in [1.54, 1.807) is 17.2 Å². The number of nitrogens with zero attached hydrogens (tertiary/aromatic N) is 2. The van der Waals surface area contributed by atoms with Crippen LogP contribution in [0, 0.1) is 17.0 Å². The first-order valence-corrected chi connectivity index (χ1v) is 27.6. The fourth-order valence-electron chi connectivity index (χ4n) is 7.49. The number of aliphatic carboxylic acids is 2. The van der Waals surface area contributed by atoms with E-state index in [4.69, 9.17) is 35.5 Å². The molecule has 0 aliphatic rings. The number of thioether (sulfide) groups is 2. The number of amides is 4. The third kappa shape index (κ3) is 26.1. The maximum atomic E-state index is 15.2. The van der Waals surface area contributed by atoms with Crippen molar-refractivity contribution in [1.29, 1.82) is 0 Å². The van der Waals surface area contributed by atoms with Gasteiger partial charge < -0.3 is 70.8 Å². The van der Waals surface area contributed by atoms with Gasteiger partial charge in [0, 0.05) is 60.6 Å². The quantitative estimate of drug-likeness (QED) is 0.0187. The summed E-state index contributed by atoms with van der Waals surface area (Å²) >= 11 is 1.54. The lowest BCUT2D eigenvalue weighted by molar-refractivity contribution is -0.202. The SMILES string of the molecule is CC(C)(C)[C@H](c1cc(-c2cc(F)ccc2F)cn1Cc1ccccc1)N(CCCN)C(=O)CSC[C@H](NC(=O)CCOCCOCCOCCOCCNC(=O)CNC(=O)[C@H](CC(=O)O)SC[C@H](N)C(=O)OC(=O)C(F)(F)F)C(=O)O. The molecule has 0 aliphatic carbocycles. The number of ether oxygens (including phenoxy) is 5. The average Bonchev–Trinajstić information content (AvgIpc) is 3.95. The predicted molar refractivity (Wildman–Crippen MR) is 287 cm³/mol. The second kappa shape index (κ2) is 35.6. The Morgan fingerprint density at radius 3 is 2.02 bits per heavy atom. The number of nitrogens with two attached hydrogens (primary N) is 2. The van der Waals surface area contributed by atoms with Crippen LogP contribution in [0.2, 0.25) is 0 Å². The number of carbonyl (C=O) groups excluding carboxylic acids is 6. The zero-order valence-electron chi connectivity index (χ0n) is 45.0. The maximum absolute atomic E-state index is 15.2. The zero-order chi connectivity index (χ0) is 60.1. The molecule has 0 radical (unpaired) electrons. The van der Waals surface area contributed by atoms with Crippen LogP contribution in [-0.4, -0.2) is 187 Å². The lowest BCUT2D eigenvalue weighted by Crippen LogP contribution is -2.45. The van der Waals surface area contributed by atoms with Crippen molar-refractivity contribution >= 4 is 71.0 Å². The average molecular weight is 1190 g/mol. The third-order valence-electron chi connectivity index (χ3n) is 11.3. The maximum Gasteiger partial charge on any atom is 0.491 e. The molecule has 0 spiro atoms. The van der Waals surface area contributed by atoms with Gasteiger partial charge in [-0.2, -0.15) is 13.2 Å². The van der Waals surface area contributed by atoms with Gasteiger partial charge in [0.25, 0.3) is 0 Å². The van der Waals surface area contributed by atoms with E-state index in [0.29, 0.717) is 36.0 Å². The van der Waals surface area contributed by atoms with E-state index < -0.39 is 107 Å². The van der Waals surface area contributed by atoms with Gasteiger partial charge in [-0.15, -0.1) is 23.5 Å². The van der Waals surface area contributed by atoms with Crippen LogP contribution >= 0.6 is 23.5 Å². The Balaban J connectivity index is 1.33. The number of hydrogen-bond acceptors (Lipinski definition) is 17. The van der Waals surface area contributed by atoms with Crippen molar-refractivity contribution in [3.05, 3.63) is 83.7 Å². The molecule has 4 atom stereocenters. The second-order valence-electron chi connectivity index (χ2n) is 18.9. The molecule has 0 saturated heterocycles. The van der Waals surface area contributed by atoms with E-state index in [1.807, 2.05) is 55.7 Å². The smallest absolute Gasteiger partial charge is 0.481 e. The fraction of sp³-hybridized carbons (Fsp3) is 0.538. The molecule has 0 aliphatic heterocycles. The monoisotopic (exact) mass is 1190 g/mol. The van der Waals surface area contributed by atoms with Gasteiger partial charge in [0.1, 0.15) is 23.7 Å². The highest BCUT2D eigenvalue weighted by atomic mass is 32.2. The summed E-state index contributed by atoms with van der Waals surface area (Å²) in [7, 11) is 0. The Kier molecular flexibility index (Phi) is 30.4. The first kappa shape index (κ1) is 69.1. The number of hydrogen-bond donors (Lipinski definition) is 7. The summed E-state index contributed by atoms with van der Waals surface area (Å²) in [4.78, 5) is 99.2. The first-order valence-electron chi connectivity index (χ1n) is 25.4. The first-order chi connectivity index (χ1) is 38.3. The zero-order valence-corrected chi connectivity index (χ0v) is 46.6. The predicted octanol–water partition coefficient (Wildman–Crippen LogP) is 3.27. The third-order valence-corrected chi connectivity index (χ3v) is 13.6. The molecule has 22 nitrogen and oxygen atoms in total. The second-order valence-corrected chi connectivity index (χ2v) is 21.1. The van der Waals surface area contributed by atoms with E-state index in [2.05, 4.69) is 20.7 Å². The van der Waals surface area contributed by atoms with Crippen molar-refractivity contribution in [2.45, 2.75) is 76.1 Å². The number of carboxylic acids is 2. The molecule has 1 heterocycles. The highest BCUT2D eigenvalue weighted by Crippen LogP contribution is 2.41. The van der Waals surface area contributed by atoms with E-state index in [0.717, 1.165) is 35.5 Å². The van der Waals surface area contributed by atoms with Crippen molar-refractivity contribution in [1.82, 2.24) is 25.4 Å². The summed E-state index contributed by atoms with van der Waals surface area (Å²) in [6, 6.07) is 10.8. The van der Waals surface area contributed by atoms with Crippen LogP contribution in [0.4, 0.5) is 22.0 Å². The minimum absolute atomic E-state index is 0.0274. The molecule has 9 N–H and O–H groups in total. The van der Waals surface area contributed by atoms with Crippen LogP contribution in [0.25, 0.3) is 11.1 Å². The van der Waals surface area contributed by atoms with Crippen molar-refractivity contribution in [2.75, 3.05) is 96.3 Å². The molecule has 0 fully saturated rings. The number of carbonyl (C=O) groups is 8. The summed E-state index contributed by atoms with van der Waals surface area (Å²) in [6.07, 6.45) is -4.20. The number of rotatable bonds is 38. The Hall–Kier alpha value is -6.21. The summed E-state index contributed by atoms with van der Waals surface area (Å²) in [5, 5.41) is 24.8. The molecule has 2 aromatic carbocycles. The van der Waals surface area contributed by atoms with E-state index in [1.165, 1.54) is 0 Å². The summed E-state index contributed by atoms with van der Waals surface area (Å²) in [6.45, 7) is 7.29. The summed E-state index contributed by atoms with van der Waals surface area (Å²) in [5.41, 5.74) is 12.9. The molecule has 1 aromatic heterocycles. The van der Waals surface area contributed by atoms with Crippen LogP contribution < -0.4 is 27.4 Å². The molecule has 3 rings (SSSR count). The van der Waals surface area contributed by atoms with Gasteiger partial charge in [-0.05, 0) is 48.2 Å². The topological polar surface area (TPSA) is 319 Å². The standard InChI is InChI=1S/C52H70F5N7O15S2/c1-51(2,3)46(40-24-34(36-25-35(53)10-11-37(36)54)29-63(40)28-33-8-5-4-6-9-33)64(15-7-13-58)44(67)32-80-31-39(48(71)72)62-42(65)12-16-75-18-20-77-22-23-78-21-19-76-17-14-60-43(66)27-61-47(70)41(26-45(68)69)81-30-38(59)49(73)79-50(74)52(55,56)57/h4-6,8-11,24-25,29,38-39,41,46H,7,12-23,26-28,30-32,58-59H2,1-3H3,(H,60,66)(H,61,70)(H,62,65)(H,68,69)(H,71,72)/t38-,39-,41-,46-/m0/s1. The largest absolute Gasteiger partial charge is 0.491 e. The minimum Gasteiger partial charge on any atom is -0.481 e. The van der Waals surface area contributed by atoms with Crippen molar-refractivity contribution in [3.63, 3.8) is 0 Å². The van der Waals surface area contributed by atoms with Gasteiger partial charge in [-0.25, -0.2) is 23.2 Å². The van der Waals surface area contributed by atoms with Crippen LogP contribution in [0.1, 0.15) is 57.3 Å². The molecule has 0 saturated carbocycles. The Morgan fingerprint density at radius 1 is 0.802 bits per heavy atom. The molecular formula is C52H70F5N7O15S2. The molecule has 4 amide bonds. The summed E-state index contributed by atoms with van der Waals surface area (Å²) in [5.74, 6) is -11.8. The highest BCUT2D eigenvalue weighted by Gasteiger charge is 2.43. The van der Waals surface area contributed by atoms with Crippen molar-refractivity contribution in [2.24, 2.45) is 16.9 Å². The van der Waals surface area contributed by atoms with Gasteiger partial charge in [0.2, 0.25) is 23.6 Å². The van der Waals surface area contributed by atoms with Gasteiger partial charge >= 0.3 is 30.1 Å². The normalized spacial score (nSPS) is 13.1. The number of benzene rings is 2. The van der Waals surface area contributed by atoms with Gasteiger partial charge in [0.15, 0.2) is 0 Å². The number of aromatic nitrogens is 1. The Morgan fingerprint density at radius 2 is 1.43 bits per heavy atom. The molecule has 81 heavy (non-hydrogen) atoms. The lowest BCUT2D eigenvalue weighted by atomic mass is 9.83. The number of esters is 2. The van der Waals surface area contributed by atoms with E-state index in [-0.39, 0.29) is 102 Å². The van der Waals surface area contributed by atoms with Crippen LogP contribution in [0.3, 0.4) is 0 Å². The molecule has 3 aromatic rings. The molecule has 0 unspecified atom stereocenters. The molecular weight excluding hydrogens is 1120 g/mol. The number of halogens is 5. The Bertz CT molecular complexity index is 2520. The van der Waals surface area contributed by atoms with E-state index in [9.17, 15) is 61.0 Å². The van der Waals surface area contributed by atoms with Gasteiger partial charge in [-0.1, -0.05) is 51.1 Å². The Labute approximate surface area is 473 Å². The van der Waals surface area contributed by atoms with Crippen LogP contribution in [0.15, 0.2) is 60.8 Å².